The predicted octanol–water partition coefficient (Wildman–Crippen LogP) is 3.55. The number of fused-ring (bicyclic) bond motifs is 1. The summed E-state index contributed by atoms with van der Waals surface area (Å²) in [5.74, 6) is 0. The standard InChI is InChI=1S/C15H17NO3/c1-10-7-12-8-11(9-17)5-6-13(12)16(10)14(18)19-15(2,3)4/h5-9H,1-4H3. The normalized spacial score (nSPS) is 11.6. The van der Waals surface area contributed by atoms with Crippen molar-refractivity contribution in [3.8, 4) is 0 Å². The van der Waals surface area contributed by atoms with Gasteiger partial charge in [0.25, 0.3) is 0 Å². The first-order valence-corrected chi connectivity index (χ1v) is 6.12. The smallest absolute Gasteiger partial charge is 0.419 e. The highest BCUT2D eigenvalue weighted by atomic mass is 16.6. The number of aromatic nitrogens is 1. The van der Waals surface area contributed by atoms with Gasteiger partial charge in [0.05, 0.1) is 5.52 Å². The number of ether oxygens (including phenoxy) is 1. The molecule has 4 nitrogen and oxygen atoms in total. The van der Waals surface area contributed by atoms with Crippen LogP contribution in [0.15, 0.2) is 24.3 Å². The number of nitrogens with zero attached hydrogens (tertiary/aromatic N) is 1. The van der Waals surface area contributed by atoms with E-state index in [-0.39, 0.29) is 0 Å². The van der Waals surface area contributed by atoms with Crippen molar-refractivity contribution in [3.05, 3.63) is 35.5 Å². The molecular weight excluding hydrogens is 242 g/mol. The van der Waals surface area contributed by atoms with Gasteiger partial charge < -0.3 is 4.74 Å². The number of hydrogen-bond donors (Lipinski definition) is 0. The molecule has 0 aliphatic rings. The van der Waals surface area contributed by atoms with E-state index in [1.807, 2.05) is 33.8 Å². The zero-order valence-corrected chi connectivity index (χ0v) is 11.6. The van der Waals surface area contributed by atoms with Crippen LogP contribution in [0.3, 0.4) is 0 Å². The summed E-state index contributed by atoms with van der Waals surface area (Å²) < 4.78 is 6.91. The molecular formula is C15H17NO3. The van der Waals surface area contributed by atoms with Gasteiger partial charge in [0.1, 0.15) is 11.9 Å². The highest BCUT2D eigenvalue weighted by molar-refractivity contribution is 5.94. The van der Waals surface area contributed by atoms with E-state index < -0.39 is 11.7 Å². The molecule has 0 fully saturated rings. The minimum atomic E-state index is -0.539. The van der Waals surface area contributed by atoms with Gasteiger partial charge in [0.2, 0.25) is 0 Å². The fourth-order valence-electron chi connectivity index (χ4n) is 2.00. The Kier molecular flexibility index (Phi) is 3.18. The Balaban J connectivity index is 2.51. The van der Waals surface area contributed by atoms with Crippen LogP contribution < -0.4 is 0 Å². The Morgan fingerprint density at radius 2 is 1.95 bits per heavy atom. The first-order chi connectivity index (χ1) is 8.81. The zero-order valence-electron chi connectivity index (χ0n) is 11.6. The Bertz CT molecular complexity index is 647. The number of benzene rings is 1. The monoisotopic (exact) mass is 259 g/mol. The van der Waals surface area contributed by atoms with Crippen LogP contribution in [-0.2, 0) is 4.74 Å². The number of aldehydes is 1. The van der Waals surface area contributed by atoms with Gasteiger partial charge in [-0.15, -0.1) is 0 Å². The lowest BCUT2D eigenvalue weighted by Gasteiger charge is -2.20. The van der Waals surface area contributed by atoms with Crippen molar-refractivity contribution in [2.75, 3.05) is 0 Å². The Morgan fingerprint density at radius 3 is 2.53 bits per heavy atom. The van der Waals surface area contributed by atoms with Crippen LogP contribution in [0.5, 0.6) is 0 Å². The van der Waals surface area contributed by atoms with Crippen LogP contribution in [0.4, 0.5) is 4.79 Å². The summed E-state index contributed by atoms with van der Waals surface area (Å²) >= 11 is 0. The van der Waals surface area contributed by atoms with Crippen LogP contribution >= 0.6 is 0 Å². The molecule has 2 aromatic rings. The highest BCUT2D eigenvalue weighted by Crippen LogP contribution is 2.22. The second-order valence-electron chi connectivity index (χ2n) is 5.54. The molecule has 0 amide bonds. The molecule has 0 spiro atoms. The van der Waals surface area contributed by atoms with Gasteiger partial charge in [-0.1, -0.05) is 0 Å². The van der Waals surface area contributed by atoms with Gasteiger partial charge in [0, 0.05) is 16.6 Å². The Labute approximate surface area is 112 Å². The van der Waals surface area contributed by atoms with Gasteiger partial charge in [0.15, 0.2) is 0 Å². The first-order valence-electron chi connectivity index (χ1n) is 6.12. The molecule has 4 heteroatoms. The van der Waals surface area contributed by atoms with Crippen molar-refractivity contribution in [1.29, 1.82) is 0 Å². The number of carbonyl (C=O) groups excluding carboxylic acids is 2. The van der Waals surface area contributed by atoms with Gasteiger partial charge >= 0.3 is 6.09 Å². The summed E-state index contributed by atoms with van der Waals surface area (Å²) in [6.07, 6.45) is 0.387. The van der Waals surface area contributed by atoms with Crippen LogP contribution in [0, 0.1) is 6.92 Å². The molecule has 1 aromatic carbocycles. The quantitative estimate of drug-likeness (QED) is 0.736. The van der Waals surface area contributed by atoms with Crippen LogP contribution in [0.1, 0.15) is 36.8 Å². The largest absolute Gasteiger partial charge is 0.443 e. The second-order valence-corrected chi connectivity index (χ2v) is 5.54. The van der Waals surface area contributed by atoms with E-state index in [0.29, 0.717) is 5.56 Å². The molecule has 100 valence electrons. The molecule has 0 saturated carbocycles. The average Bonchev–Trinajstić information content (AvgIpc) is 2.61. The van der Waals surface area contributed by atoms with Crippen molar-refractivity contribution in [1.82, 2.24) is 4.57 Å². The Hall–Kier alpha value is -2.10. The second kappa shape index (κ2) is 4.53. The average molecular weight is 259 g/mol. The molecule has 0 radical (unpaired) electrons. The maximum Gasteiger partial charge on any atom is 0.419 e. The summed E-state index contributed by atoms with van der Waals surface area (Å²) in [6.45, 7) is 7.33. The SMILES string of the molecule is Cc1cc2cc(C=O)ccc2n1C(=O)OC(C)(C)C. The number of aryl methyl sites for hydroxylation is 1. The molecule has 0 unspecified atom stereocenters. The molecule has 19 heavy (non-hydrogen) atoms. The maximum absolute atomic E-state index is 12.2. The van der Waals surface area contributed by atoms with Crippen LogP contribution in [-0.4, -0.2) is 22.5 Å². The molecule has 0 atom stereocenters. The van der Waals surface area contributed by atoms with E-state index >= 15 is 0 Å². The van der Waals surface area contributed by atoms with E-state index in [2.05, 4.69) is 0 Å². The molecule has 0 N–H and O–H groups in total. The molecule has 0 aliphatic carbocycles. The van der Waals surface area contributed by atoms with Crippen molar-refractivity contribution in [2.45, 2.75) is 33.3 Å². The fourth-order valence-corrected chi connectivity index (χ4v) is 2.00. The van der Waals surface area contributed by atoms with Crippen molar-refractivity contribution >= 4 is 23.3 Å². The molecule has 0 bridgehead atoms. The van der Waals surface area contributed by atoms with Crippen LogP contribution in [0.25, 0.3) is 10.9 Å². The van der Waals surface area contributed by atoms with E-state index in [1.165, 1.54) is 4.57 Å². The predicted molar refractivity (Wildman–Crippen MR) is 73.7 cm³/mol. The third-order valence-corrected chi connectivity index (χ3v) is 2.72. The lowest BCUT2D eigenvalue weighted by Crippen LogP contribution is -2.27. The van der Waals surface area contributed by atoms with Crippen molar-refractivity contribution in [3.63, 3.8) is 0 Å². The molecule has 1 heterocycles. The van der Waals surface area contributed by atoms with Crippen molar-refractivity contribution in [2.24, 2.45) is 0 Å². The Morgan fingerprint density at radius 1 is 1.26 bits per heavy atom. The third-order valence-electron chi connectivity index (χ3n) is 2.72. The molecule has 0 aliphatic heterocycles. The number of carbonyl (C=O) groups is 2. The number of hydrogen-bond acceptors (Lipinski definition) is 3. The lowest BCUT2D eigenvalue weighted by atomic mass is 10.2. The fraction of sp³-hybridized carbons (Fsp3) is 0.333. The first kappa shape index (κ1) is 13.3. The minimum absolute atomic E-state index is 0.404. The van der Waals surface area contributed by atoms with Gasteiger partial charge in [-0.3, -0.25) is 4.79 Å². The third kappa shape index (κ3) is 2.67. The van der Waals surface area contributed by atoms with Crippen molar-refractivity contribution < 1.29 is 14.3 Å². The van der Waals surface area contributed by atoms with E-state index in [0.717, 1.165) is 22.9 Å². The summed E-state index contributed by atoms with van der Waals surface area (Å²) in [6, 6.07) is 7.08. The summed E-state index contributed by atoms with van der Waals surface area (Å²) in [5, 5.41) is 0.855. The zero-order chi connectivity index (χ0) is 14.2. The lowest BCUT2D eigenvalue weighted by molar-refractivity contribution is 0.0541. The summed E-state index contributed by atoms with van der Waals surface area (Å²) in [4.78, 5) is 22.9. The van der Waals surface area contributed by atoms with Gasteiger partial charge in [-0.05, 0) is 52.0 Å². The summed E-state index contributed by atoms with van der Waals surface area (Å²) in [5.41, 5.74) is 1.58. The maximum atomic E-state index is 12.2. The number of rotatable bonds is 1. The van der Waals surface area contributed by atoms with E-state index in [1.54, 1.807) is 18.2 Å². The van der Waals surface area contributed by atoms with Gasteiger partial charge in [-0.2, -0.15) is 0 Å². The minimum Gasteiger partial charge on any atom is -0.443 e. The van der Waals surface area contributed by atoms with E-state index in [9.17, 15) is 9.59 Å². The molecule has 1 aromatic heterocycles. The van der Waals surface area contributed by atoms with Gasteiger partial charge in [-0.25, -0.2) is 9.36 Å². The topological polar surface area (TPSA) is 48.3 Å². The highest BCUT2D eigenvalue weighted by Gasteiger charge is 2.20. The van der Waals surface area contributed by atoms with Crippen LogP contribution in [0.2, 0.25) is 0 Å². The summed E-state index contributed by atoms with van der Waals surface area (Å²) in [7, 11) is 0. The molecule has 0 saturated heterocycles. The van der Waals surface area contributed by atoms with E-state index in [4.69, 9.17) is 4.74 Å². The molecule has 2 rings (SSSR count).